The van der Waals surface area contributed by atoms with Crippen molar-refractivity contribution in [3.8, 4) is 5.69 Å². The van der Waals surface area contributed by atoms with Gasteiger partial charge in [0, 0.05) is 19.4 Å². The van der Waals surface area contributed by atoms with E-state index in [2.05, 4.69) is 26.8 Å². The molecule has 0 amide bonds. The maximum absolute atomic E-state index is 11.8. The van der Waals surface area contributed by atoms with Crippen molar-refractivity contribution >= 4 is 35.9 Å². The summed E-state index contributed by atoms with van der Waals surface area (Å²) in [7, 11) is 1.66. The van der Waals surface area contributed by atoms with Crippen LogP contribution in [0.5, 0.6) is 0 Å². The van der Waals surface area contributed by atoms with Crippen LogP contribution >= 0.6 is 24.0 Å². The van der Waals surface area contributed by atoms with Crippen LogP contribution in [0.3, 0.4) is 0 Å². The van der Waals surface area contributed by atoms with Crippen LogP contribution in [0.25, 0.3) is 5.69 Å². The van der Waals surface area contributed by atoms with E-state index in [1.807, 2.05) is 62.8 Å². The first-order chi connectivity index (χ1) is 12.3. The third-order valence-corrected chi connectivity index (χ3v) is 3.54. The lowest BCUT2D eigenvalue weighted by molar-refractivity contribution is -0.153. The maximum atomic E-state index is 11.8. The number of esters is 1. The first-order valence-electron chi connectivity index (χ1n) is 8.57. The highest BCUT2D eigenvalue weighted by atomic mass is 127. The summed E-state index contributed by atoms with van der Waals surface area (Å²) >= 11 is 0. The molecule has 27 heavy (non-hydrogen) atoms. The van der Waals surface area contributed by atoms with E-state index in [0.29, 0.717) is 5.96 Å². The van der Waals surface area contributed by atoms with Crippen molar-refractivity contribution in [3.05, 3.63) is 48.3 Å². The van der Waals surface area contributed by atoms with Gasteiger partial charge in [0.1, 0.15) is 12.1 Å². The lowest BCUT2D eigenvalue weighted by Crippen LogP contribution is -2.42. The highest BCUT2D eigenvalue weighted by Gasteiger charge is 2.17. The van der Waals surface area contributed by atoms with E-state index < -0.39 is 5.60 Å². The summed E-state index contributed by atoms with van der Waals surface area (Å²) in [5, 5.41) is 10.5. The van der Waals surface area contributed by atoms with Crippen LogP contribution in [0.4, 0.5) is 0 Å². The van der Waals surface area contributed by atoms with Crippen LogP contribution in [0.1, 0.15) is 39.3 Å². The number of benzene rings is 1. The number of hydrogen-bond acceptors (Lipinski definition) is 4. The van der Waals surface area contributed by atoms with Crippen LogP contribution in [0.15, 0.2) is 47.7 Å². The number of guanidine groups is 1. The second-order valence-electron chi connectivity index (χ2n) is 6.92. The Morgan fingerprint density at radius 2 is 2.07 bits per heavy atom. The minimum Gasteiger partial charge on any atom is -0.459 e. The number of aliphatic imine (C=N–C) groups is 1. The molecule has 0 saturated carbocycles. The van der Waals surface area contributed by atoms with E-state index in [0.717, 1.165) is 11.3 Å². The highest BCUT2D eigenvalue weighted by molar-refractivity contribution is 14.0. The van der Waals surface area contributed by atoms with E-state index in [4.69, 9.17) is 4.74 Å². The monoisotopic (exact) mass is 485 g/mol. The minimum atomic E-state index is -0.504. The molecule has 0 spiro atoms. The van der Waals surface area contributed by atoms with Gasteiger partial charge in [-0.15, -0.1) is 24.0 Å². The van der Waals surface area contributed by atoms with E-state index in [9.17, 15) is 4.79 Å². The normalized spacial score (nSPS) is 12.7. The number of rotatable bonds is 5. The van der Waals surface area contributed by atoms with Crippen molar-refractivity contribution in [2.45, 2.75) is 39.3 Å². The standard InChI is InChI=1S/C19H27N5O2.HI/c1-14(15-8-6-9-16(12-15)24-11-7-10-22-24)23-18(20-5)21-13-17(25)26-19(2,3)4;/h6-12,14H,13H2,1-5H3,(H2,20,21,23);1H. The summed E-state index contributed by atoms with van der Waals surface area (Å²) in [6, 6.07) is 9.96. The van der Waals surface area contributed by atoms with E-state index in [1.165, 1.54) is 0 Å². The van der Waals surface area contributed by atoms with Gasteiger partial charge in [0.25, 0.3) is 0 Å². The van der Waals surface area contributed by atoms with E-state index in [1.54, 1.807) is 13.2 Å². The second kappa shape index (κ2) is 10.3. The molecule has 1 atom stereocenters. The van der Waals surface area contributed by atoms with Gasteiger partial charge >= 0.3 is 5.97 Å². The minimum absolute atomic E-state index is 0. The molecule has 1 aromatic carbocycles. The summed E-state index contributed by atoms with van der Waals surface area (Å²) in [5.41, 5.74) is 1.56. The average molecular weight is 485 g/mol. The Morgan fingerprint density at radius 3 is 2.67 bits per heavy atom. The molecule has 2 N–H and O–H groups in total. The summed E-state index contributed by atoms with van der Waals surface area (Å²) in [4.78, 5) is 16.0. The van der Waals surface area contributed by atoms with E-state index in [-0.39, 0.29) is 42.5 Å². The molecular weight excluding hydrogens is 457 g/mol. The Balaban J connectivity index is 0.00000364. The Morgan fingerprint density at radius 1 is 1.33 bits per heavy atom. The molecule has 0 radical (unpaired) electrons. The number of halogens is 1. The van der Waals surface area contributed by atoms with Gasteiger partial charge in [0.2, 0.25) is 0 Å². The van der Waals surface area contributed by atoms with Crippen molar-refractivity contribution in [3.63, 3.8) is 0 Å². The lowest BCUT2D eigenvalue weighted by atomic mass is 10.1. The van der Waals surface area contributed by atoms with Gasteiger partial charge < -0.3 is 15.4 Å². The van der Waals surface area contributed by atoms with Gasteiger partial charge in [0.15, 0.2) is 5.96 Å². The number of hydrogen-bond donors (Lipinski definition) is 2. The zero-order valence-corrected chi connectivity index (χ0v) is 18.7. The third kappa shape index (κ3) is 7.58. The first kappa shape index (κ1) is 22.9. The third-order valence-electron chi connectivity index (χ3n) is 3.54. The van der Waals surface area contributed by atoms with Crippen LogP contribution in [-0.2, 0) is 9.53 Å². The molecule has 7 nitrogen and oxygen atoms in total. The number of ether oxygens (including phenoxy) is 1. The number of carbonyl (C=O) groups excluding carboxylic acids is 1. The smallest absolute Gasteiger partial charge is 0.325 e. The van der Waals surface area contributed by atoms with Crippen molar-refractivity contribution < 1.29 is 9.53 Å². The first-order valence-corrected chi connectivity index (χ1v) is 8.57. The molecule has 0 aliphatic heterocycles. The molecule has 0 saturated heterocycles. The number of nitrogens with zero attached hydrogens (tertiary/aromatic N) is 3. The van der Waals surface area contributed by atoms with Gasteiger partial charge in [-0.2, -0.15) is 5.10 Å². The highest BCUT2D eigenvalue weighted by Crippen LogP contribution is 2.16. The molecule has 148 valence electrons. The molecule has 1 unspecified atom stereocenters. The molecule has 1 heterocycles. The average Bonchev–Trinajstić information content (AvgIpc) is 3.11. The fourth-order valence-electron chi connectivity index (χ4n) is 2.37. The molecule has 0 aliphatic rings. The molecule has 8 heteroatoms. The maximum Gasteiger partial charge on any atom is 0.325 e. The molecule has 0 bridgehead atoms. The molecule has 0 fully saturated rings. The summed E-state index contributed by atoms with van der Waals surface area (Å²) in [6.45, 7) is 7.60. The molecule has 1 aromatic heterocycles. The Kier molecular flexibility index (Phi) is 8.74. The number of nitrogens with one attached hydrogen (secondary N) is 2. The van der Waals surface area contributed by atoms with Gasteiger partial charge in [-0.3, -0.25) is 9.79 Å². The second-order valence-corrected chi connectivity index (χ2v) is 6.92. The molecule has 0 aliphatic carbocycles. The van der Waals surface area contributed by atoms with Gasteiger partial charge in [-0.05, 0) is 51.5 Å². The summed E-state index contributed by atoms with van der Waals surface area (Å²) in [6.07, 6.45) is 3.65. The predicted molar refractivity (Wildman–Crippen MR) is 118 cm³/mol. The van der Waals surface area contributed by atoms with Crippen LogP contribution in [-0.4, -0.2) is 40.9 Å². The largest absolute Gasteiger partial charge is 0.459 e. The fourth-order valence-corrected chi connectivity index (χ4v) is 2.37. The van der Waals surface area contributed by atoms with Crippen LogP contribution in [0, 0.1) is 0 Å². The van der Waals surface area contributed by atoms with Crippen molar-refractivity contribution in [1.29, 1.82) is 0 Å². The lowest BCUT2D eigenvalue weighted by Gasteiger charge is -2.21. The topological polar surface area (TPSA) is 80.5 Å². The molecular formula is C19H28IN5O2. The van der Waals surface area contributed by atoms with Gasteiger partial charge in [0.05, 0.1) is 11.7 Å². The fraction of sp³-hybridized carbons (Fsp3) is 0.421. The Labute approximate surface area is 177 Å². The Bertz CT molecular complexity index is 754. The zero-order valence-electron chi connectivity index (χ0n) is 16.4. The quantitative estimate of drug-likeness (QED) is 0.295. The molecule has 2 rings (SSSR count). The SMILES string of the molecule is CN=C(NCC(=O)OC(C)(C)C)NC(C)c1cccc(-n2cccn2)c1.I. The van der Waals surface area contributed by atoms with E-state index >= 15 is 0 Å². The van der Waals surface area contributed by atoms with Crippen molar-refractivity contribution in [2.24, 2.45) is 4.99 Å². The predicted octanol–water partition coefficient (Wildman–Crippen LogP) is 3.06. The van der Waals surface area contributed by atoms with Gasteiger partial charge in [-0.1, -0.05) is 12.1 Å². The van der Waals surface area contributed by atoms with Crippen molar-refractivity contribution in [1.82, 2.24) is 20.4 Å². The number of aromatic nitrogens is 2. The summed E-state index contributed by atoms with van der Waals surface area (Å²) in [5.74, 6) is 0.210. The zero-order chi connectivity index (χ0) is 19.2. The summed E-state index contributed by atoms with van der Waals surface area (Å²) < 4.78 is 7.10. The molecule has 2 aromatic rings. The number of carbonyl (C=O) groups is 1. The van der Waals surface area contributed by atoms with Crippen molar-refractivity contribution in [2.75, 3.05) is 13.6 Å². The Hall–Kier alpha value is -2.10. The van der Waals surface area contributed by atoms with Gasteiger partial charge in [-0.25, -0.2) is 4.68 Å². The van der Waals surface area contributed by atoms with Crippen LogP contribution in [0.2, 0.25) is 0 Å². The van der Waals surface area contributed by atoms with Crippen LogP contribution < -0.4 is 10.6 Å².